The average molecular weight is 237 g/mol. The molecule has 1 aromatic heterocycles. The summed E-state index contributed by atoms with van der Waals surface area (Å²) < 4.78 is 5.04. The van der Waals surface area contributed by atoms with Gasteiger partial charge in [-0.1, -0.05) is 18.0 Å². The number of rotatable bonds is 3. The van der Waals surface area contributed by atoms with Gasteiger partial charge in [0, 0.05) is 17.5 Å². The zero-order valence-corrected chi connectivity index (χ0v) is 10.4. The molecule has 1 heterocycles. The minimum Gasteiger partial charge on any atom is -0.338 e. The van der Waals surface area contributed by atoms with Gasteiger partial charge in [-0.3, -0.25) is 10.1 Å². The van der Waals surface area contributed by atoms with Crippen LogP contribution in [-0.2, 0) is 4.79 Å². The number of nitrogens with zero attached hydrogens (tertiary/aromatic N) is 1. The monoisotopic (exact) mass is 237 g/mol. The third kappa shape index (κ3) is 2.66. The van der Waals surface area contributed by atoms with Crippen LogP contribution in [-0.4, -0.2) is 16.6 Å². The molecule has 1 saturated carbocycles. The Kier molecular flexibility index (Phi) is 3.19. The molecule has 0 radical (unpaired) electrons. The lowest BCUT2D eigenvalue weighted by Gasteiger charge is -2.22. The van der Waals surface area contributed by atoms with Crippen molar-refractivity contribution in [1.29, 1.82) is 0 Å². The summed E-state index contributed by atoms with van der Waals surface area (Å²) in [6, 6.07) is 0. The largest absolute Gasteiger partial charge is 0.338 e. The van der Waals surface area contributed by atoms with E-state index < -0.39 is 0 Å². The van der Waals surface area contributed by atoms with E-state index in [0.29, 0.717) is 12.3 Å². The second-order valence-electron chi connectivity index (χ2n) is 5.02. The predicted octanol–water partition coefficient (Wildman–Crippen LogP) is 1.89. The SMILES string of the molecule is Cc1noc(NC(=O)CC2(N)CCCC2)c1C. The standard InChI is InChI=1S/C12H19N3O2/c1-8-9(2)15-17-11(8)14-10(16)7-12(13)5-3-4-6-12/h3-7,13H2,1-2H3,(H,14,16). The van der Waals surface area contributed by atoms with Crippen molar-refractivity contribution < 1.29 is 9.32 Å². The number of aromatic nitrogens is 1. The van der Waals surface area contributed by atoms with Crippen molar-refractivity contribution in [3.05, 3.63) is 11.3 Å². The number of carbonyl (C=O) groups is 1. The Morgan fingerprint density at radius 3 is 2.65 bits per heavy atom. The van der Waals surface area contributed by atoms with Crippen LogP contribution in [0.1, 0.15) is 43.4 Å². The molecule has 94 valence electrons. The number of aryl methyl sites for hydroxylation is 1. The van der Waals surface area contributed by atoms with E-state index >= 15 is 0 Å². The zero-order chi connectivity index (χ0) is 12.5. The first-order chi connectivity index (χ1) is 8.00. The molecule has 0 spiro atoms. The maximum absolute atomic E-state index is 11.9. The van der Waals surface area contributed by atoms with Gasteiger partial charge in [0.25, 0.3) is 0 Å². The van der Waals surface area contributed by atoms with Crippen LogP contribution in [0.5, 0.6) is 0 Å². The van der Waals surface area contributed by atoms with Gasteiger partial charge in [-0.2, -0.15) is 0 Å². The van der Waals surface area contributed by atoms with Crippen molar-refractivity contribution in [2.45, 2.75) is 51.5 Å². The molecule has 1 amide bonds. The van der Waals surface area contributed by atoms with Crippen LogP contribution in [0.2, 0.25) is 0 Å². The molecule has 1 aromatic rings. The predicted molar refractivity (Wildman–Crippen MR) is 64.6 cm³/mol. The molecule has 0 unspecified atom stereocenters. The van der Waals surface area contributed by atoms with Crippen LogP contribution in [0.15, 0.2) is 4.52 Å². The van der Waals surface area contributed by atoms with Crippen molar-refractivity contribution in [2.75, 3.05) is 5.32 Å². The molecule has 3 N–H and O–H groups in total. The fourth-order valence-corrected chi connectivity index (χ4v) is 2.28. The average Bonchev–Trinajstić information content (AvgIpc) is 2.80. The Balaban J connectivity index is 1.95. The van der Waals surface area contributed by atoms with Gasteiger partial charge in [-0.05, 0) is 26.7 Å². The highest BCUT2D eigenvalue weighted by Crippen LogP contribution is 2.30. The Morgan fingerprint density at radius 2 is 2.12 bits per heavy atom. The lowest BCUT2D eigenvalue weighted by molar-refractivity contribution is -0.117. The molecule has 1 aliphatic rings. The fraction of sp³-hybridized carbons (Fsp3) is 0.667. The third-order valence-corrected chi connectivity index (χ3v) is 3.52. The molecular formula is C12H19N3O2. The summed E-state index contributed by atoms with van der Waals surface area (Å²) in [6.07, 6.45) is 4.43. The summed E-state index contributed by atoms with van der Waals surface area (Å²) in [5.41, 5.74) is 7.49. The van der Waals surface area contributed by atoms with Crippen LogP contribution in [0, 0.1) is 13.8 Å². The van der Waals surface area contributed by atoms with Crippen LogP contribution < -0.4 is 11.1 Å². The molecule has 1 fully saturated rings. The van der Waals surface area contributed by atoms with Crippen LogP contribution >= 0.6 is 0 Å². The summed E-state index contributed by atoms with van der Waals surface area (Å²) >= 11 is 0. The summed E-state index contributed by atoms with van der Waals surface area (Å²) in [4.78, 5) is 11.9. The van der Waals surface area contributed by atoms with Gasteiger partial charge in [0.05, 0.1) is 5.69 Å². The first-order valence-electron chi connectivity index (χ1n) is 6.02. The van der Waals surface area contributed by atoms with Crippen molar-refractivity contribution in [3.63, 3.8) is 0 Å². The molecule has 5 nitrogen and oxygen atoms in total. The van der Waals surface area contributed by atoms with Gasteiger partial charge in [-0.15, -0.1) is 0 Å². The number of amides is 1. The minimum absolute atomic E-state index is 0.0892. The van der Waals surface area contributed by atoms with Gasteiger partial charge in [0.15, 0.2) is 0 Å². The smallest absolute Gasteiger partial charge is 0.234 e. The summed E-state index contributed by atoms with van der Waals surface area (Å²) in [7, 11) is 0. The maximum atomic E-state index is 11.9. The minimum atomic E-state index is -0.326. The van der Waals surface area contributed by atoms with Crippen LogP contribution in [0.4, 0.5) is 5.88 Å². The molecule has 0 atom stereocenters. The van der Waals surface area contributed by atoms with Gasteiger partial charge in [0.1, 0.15) is 0 Å². The van der Waals surface area contributed by atoms with Crippen molar-refractivity contribution in [1.82, 2.24) is 5.16 Å². The Hall–Kier alpha value is -1.36. The van der Waals surface area contributed by atoms with Gasteiger partial charge in [-0.25, -0.2) is 0 Å². The Morgan fingerprint density at radius 1 is 1.47 bits per heavy atom. The Labute approximate surface area is 101 Å². The quantitative estimate of drug-likeness (QED) is 0.841. The molecule has 0 bridgehead atoms. The van der Waals surface area contributed by atoms with E-state index in [0.717, 1.165) is 36.9 Å². The van der Waals surface area contributed by atoms with E-state index in [9.17, 15) is 4.79 Å². The number of hydrogen-bond acceptors (Lipinski definition) is 4. The Bertz CT molecular complexity index is 419. The highest BCUT2D eigenvalue weighted by Gasteiger charge is 2.32. The number of anilines is 1. The topological polar surface area (TPSA) is 81.2 Å². The highest BCUT2D eigenvalue weighted by molar-refractivity contribution is 5.90. The van der Waals surface area contributed by atoms with Crippen LogP contribution in [0.25, 0.3) is 0 Å². The van der Waals surface area contributed by atoms with E-state index in [-0.39, 0.29) is 11.4 Å². The normalized spacial score (nSPS) is 18.3. The summed E-state index contributed by atoms with van der Waals surface area (Å²) in [6.45, 7) is 3.71. The lowest BCUT2D eigenvalue weighted by Crippen LogP contribution is -2.40. The molecular weight excluding hydrogens is 218 g/mol. The first-order valence-corrected chi connectivity index (χ1v) is 6.02. The van der Waals surface area contributed by atoms with E-state index in [1.54, 1.807) is 0 Å². The molecule has 17 heavy (non-hydrogen) atoms. The fourth-order valence-electron chi connectivity index (χ4n) is 2.28. The molecule has 0 saturated heterocycles. The highest BCUT2D eigenvalue weighted by atomic mass is 16.5. The molecule has 2 rings (SSSR count). The van der Waals surface area contributed by atoms with Gasteiger partial charge < -0.3 is 10.3 Å². The van der Waals surface area contributed by atoms with E-state index in [4.69, 9.17) is 10.3 Å². The molecule has 0 aliphatic heterocycles. The molecule has 5 heteroatoms. The second kappa shape index (κ2) is 4.49. The van der Waals surface area contributed by atoms with Crippen molar-refractivity contribution in [2.24, 2.45) is 5.73 Å². The molecule has 0 aromatic carbocycles. The lowest BCUT2D eigenvalue weighted by atomic mass is 9.94. The number of carbonyl (C=O) groups excluding carboxylic acids is 1. The first kappa shape index (κ1) is 12.1. The number of nitrogens with two attached hydrogens (primary N) is 1. The van der Waals surface area contributed by atoms with Crippen molar-refractivity contribution in [3.8, 4) is 0 Å². The van der Waals surface area contributed by atoms with E-state index in [1.807, 2.05) is 13.8 Å². The summed E-state index contributed by atoms with van der Waals surface area (Å²) in [5.74, 6) is 0.350. The van der Waals surface area contributed by atoms with E-state index in [2.05, 4.69) is 10.5 Å². The third-order valence-electron chi connectivity index (χ3n) is 3.52. The van der Waals surface area contributed by atoms with Crippen LogP contribution in [0.3, 0.4) is 0 Å². The van der Waals surface area contributed by atoms with Gasteiger partial charge >= 0.3 is 0 Å². The molecule has 1 aliphatic carbocycles. The zero-order valence-electron chi connectivity index (χ0n) is 10.4. The number of nitrogens with one attached hydrogen (secondary N) is 1. The van der Waals surface area contributed by atoms with E-state index in [1.165, 1.54) is 0 Å². The summed E-state index contributed by atoms with van der Waals surface area (Å²) in [5, 5.41) is 6.53. The van der Waals surface area contributed by atoms with Gasteiger partial charge in [0.2, 0.25) is 11.8 Å². The second-order valence-corrected chi connectivity index (χ2v) is 5.02. The van der Waals surface area contributed by atoms with Crippen molar-refractivity contribution >= 4 is 11.8 Å². The number of hydrogen-bond donors (Lipinski definition) is 2. The maximum Gasteiger partial charge on any atom is 0.234 e.